The average Bonchev–Trinajstić information content (AvgIpc) is 2.36. The van der Waals surface area contributed by atoms with Gasteiger partial charge in [-0.05, 0) is 19.1 Å². The molecule has 0 aliphatic heterocycles. The van der Waals surface area contributed by atoms with Crippen LogP contribution in [0, 0.1) is 11.6 Å². The molecule has 1 heterocycles. The standard InChI is InChI=1S/C12H10BrF2N3O/c1-2-17-10-5-16-6-11(18-10)19-9-4-7(13)3-8(14)12(9)15/h3-6H,2H2,1H3,(H,17,18). The predicted octanol–water partition coefficient (Wildman–Crippen LogP) is 3.74. The molecule has 0 amide bonds. The minimum absolute atomic E-state index is 0.0786. The highest BCUT2D eigenvalue weighted by molar-refractivity contribution is 9.10. The van der Waals surface area contributed by atoms with Crippen molar-refractivity contribution in [2.75, 3.05) is 11.9 Å². The second kappa shape index (κ2) is 5.92. The molecular weight excluding hydrogens is 320 g/mol. The molecule has 0 unspecified atom stereocenters. The molecule has 0 radical (unpaired) electrons. The van der Waals surface area contributed by atoms with E-state index in [1.165, 1.54) is 18.5 Å². The monoisotopic (exact) mass is 329 g/mol. The van der Waals surface area contributed by atoms with Crippen LogP contribution in [0.3, 0.4) is 0 Å². The molecule has 2 rings (SSSR count). The Hall–Kier alpha value is -1.76. The maximum atomic E-state index is 13.5. The first-order valence-electron chi connectivity index (χ1n) is 5.48. The summed E-state index contributed by atoms with van der Waals surface area (Å²) in [5.41, 5.74) is 0. The molecule has 1 N–H and O–H groups in total. The van der Waals surface area contributed by atoms with Crippen LogP contribution in [0.25, 0.3) is 0 Å². The number of rotatable bonds is 4. The molecule has 1 aromatic heterocycles. The van der Waals surface area contributed by atoms with E-state index < -0.39 is 11.6 Å². The molecule has 7 heteroatoms. The fourth-order valence-electron chi connectivity index (χ4n) is 1.38. The molecule has 19 heavy (non-hydrogen) atoms. The Morgan fingerprint density at radius 1 is 1.32 bits per heavy atom. The summed E-state index contributed by atoms with van der Waals surface area (Å²) in [5.74, 6) is -1.75. The second-order valence-electron chi connectivity index (χ2n) is 3.57. The van der Waals surface area contributed by atoms with Crippen molar-refractivity contribution < 1.29 is 13.5 Å². The molecule has 0 saturated heterocycles. The van der Waals surface area contributed by atoms with Crippen LogP contribution in [0.1, 0.15) is 6.92 Å². The third-order valence-electron chi connectivity index (χ3n) is 2.14. The number of anilines is 1. The zero-order valence-corrected chi connectivity index (χ0v) is 11.5. The Morgan fingerprint density at radius 2 is 2.11 bits per heavy atom. The zero-order chi connectivity index (χ0) is 13.8. The van der Waals surface area contributed by atoms with Gasteiger partial charge in [-0.25, -0.2) is 4.39 Å². The van der Waals surface area contributed by atoms with Crippen LogP contribution in [-0.2, 0) is 0 Å². The SMILES string of the molecule is CCNc1cncc(Oc2cc(Br)cc(F)c2F)n1. The fourth-order valence-corrected chi connectivity index (χ4v) is 1.79. The highest BCUT2D eigenvalue weighted by Crippen LogP contribution is 2.28. The van der Waals surface area contributed by atoms with Crippen molar-refractivity contribution in [1.82, 2.24) is 9.97 Å². The van der Waals surface area contributed by atoms with Gasteiger partial charge in [0.15, 0.2) is 11.6 Å². The number of hydrogen-bond donors (Lipinski definition) is 1. The molecule has 0 saturated carbocycles. The van der Waals surface area contributed by atoms with Crippen LogP contribution >= 0.6 is 15.9 Å². The summed E-state index contributed by atoms with van der Waals surface area (Å²) >= 11 is 3.06. The number of ether oxygens (including phenoxy) is 1. The van der Waals surface area contributed by atoms with Crippen LogP contribution in [-0.4, -0.2) is 16.5 Å². The van der Waals surface area contributed by atoms with Crippen molar-refractivity contribution in [2.45, 2.75) is 6.92 Å². The normalized spacial score (nSPS) is 10.3. The van der Waals surface area contributed by atoms with E-state index in [-0.39, 0.29) is 11.6 Å². The van der Waals surface area contributed by atoms with Crippen molar-refractivity contribution >= 4 is 21.7 Å². The minimum atomic E-state index is -1.07. The van der Waals surface area contributed by atoms with E-state index in [2.05, 4.69) is 31.2 Å². The maximum Gasteiger partial charge on any atom is 0.239 e. The Labute approximate surface area is 117 Å². The molecule has 0 aliphatic carbocycles. The number of aromatic nitrogens is 2. The lowest BCUT2D eigenvalue weighted by Gasteiger charge is -2.08. The summed E-state index contributed by atoms with van der Waals surface area (Å²) in [6, 6.07) is 2.34. The summed E-state index contributed by atoms with van der Waals surface area (Å²) in [6.45, 7) is 2.57. The van der Waals surface area contributed by atoms with Gasteiger partial charge in [-0.1, -0.05) is 15.9 Å². The zero-order valence-electron chi connectivity index (χ0n) is 9.95. The van der Waals surface area contributed by atoms with Gasteiger partial charge < -0.3 is 10.1 Å². The van der Waals surface area contributed by atoms with E-state index in [0.717, 1.165) is 6.07 Å². The quantitative estimate of drug-likeness (QED) is 0.868. The maximum absolute atomic E-state index is 13.5. The molecular formula is C12H10BrF2N3O. The van der Waals surface area contributed by atoms with Crippen molar-refractivity contribution in [3.8, 4) is 11.6 Å². The first-order chi connectivity index (χ1) is 9.10. The van der Waals surface area contributed by atoms with Gasteiger partial charge in [0.2, 0.25) is 11.7 Å². The van der Waals surface area contributed by atoms with Gasteiger partial charge in [0.1, 0.15) is 5.82 Å². The van der Waals surface area contributed by atoms with Gasteiger partial charge in [0.05, 0.1) is 12.4 Å². The van der Waals surface area contributed by atoms with Crippen molar-refractivity contribution in [2.24, 2.45) is 0 Å². The van der Waals surface area contributed by atoms with Gasteiger partial charge in [-0.15, -0.1) is 0 Å². The molecule has 4 nitrogen and oxygen atoms in total. The number of benzene rings is 1. The van der Waals surface area contributed by atoms with Gasteiger partial charge in [0.25, 0.3) is 0 Å². The molecule has 0 fully saturated rings. The Bertz CT molecular complexity index is 595. The number of halogens is 3. The molecule has 1 aromatic carbocycles. The van der Waals surface area contributed by atoms with E-state index in [9.17, 15) is 8.78 Å². The largest absolute Gasteiger partial charge is 0.434 e. The molecule has 0 atom stereocenters. The second-order valence-corrected chi connectivity index (χ2v) is 4.49. The highest BCUT2D eigenvalue weighted by atomic mass is 79.9. The molecule has 0 bridgehead atoms. The van der Waals surface area contributed by atoms with Crippen molar-refractivity contribution in [1.29, 1.82) is 0 Å². The van der Waals surface area contributed by atoms with Gasteiger partial charge in [-0.3, -0.25) is 4.98 Å². The van der Waals surface area contributed by atoms with Crippen LogP contribution in [0.15, 0.2) is 29.0 Å². The summed E-state index contributed by atoms with van der Waals surface area (Å²) < 4.78 is 32.3. The third kappa shape index (κ3) is 3.37. The molecule has 100 valence electrons. The summed E-state index contributed by atoms with van der Waals surface area (Å²) in [4.78, 5) is 7.95. The van der Waals surface area contributed by atoms with Gasteiger partial charge in [0, 0.05) is 11.0 Å². The summed E-state index contributed by atoms with van der Waals surface area (Å²) in [6.07, 6.45) is 2.83. The summed E-state index contributed by atoms with van der Waals surface area (Å²) in [7, 11) is 0. The van der Waals surface area contributed by atoms with Crippen LogP contribution < -0.4 is 10.1 Å². The van der Waals surface area contributed by atoms with Crippen LogP contribution in [0.5, 0.6) is 11.6 Å². The van der Waals surface area contributed by atoms with E-state index in [0.29, 0.717) is 16.8 Å². The first-order valence-corrected chi connectivity index (χ1v) is 6.27. The molecule has 2 aromatic rings. The van der Waals surface area contributed by atoms with Gasteiger partial charge in [-0.2, -0.15) is 9.37 Å². The Kier molecular flexibility index (Phi) is 4.26. The van der Waals surface area contributed by atoms with E-state index >= 15 is 0 Å². The van der Waals surface area contributed by atoms with E-state index in [1.54, 1.807) is 0 Å². The Morgan fingerprint density at radius 3 is 2.84 bits per heavy atom. The summed E-state index contributed by atoms with van der Waals surface area (Å²) in [5, 5.41) is 2.94. The number of nitrogens with one attached hydrogen (secondary N) is 1. The molecule has 0 aliphatic rings. The Balaban J connectivity index is 2.28. The smallest absolute Gasteiger partial charge is 0.239 e. The molecule has 0 spiro atoms. The number of hydrogen-bond acceptors (Lipinski definition) is 4. The van der Waals surface area contributed by atoms with Crippen LogP contribution in [0.2, 0.25) is 0 Å². The van der Waals surface area contributed by atoms with Crippen LogP contribution in [0.4, 0.5) is 14.6 Å². The van der Waals surface area contributed by atoms with E-state index in [1.807, 2.05) is 6.92 Å². The van der Waals surface area contributed by atoms with Crippen molar-refractivity contribution in [3.63, 3.8) is 0 Å². The lowest BCUT2D eigenvalue weighted by atomic mass is 10.3. The third-order valence-corrected chi connectivity index (χ3v) is 2.60. The lowest BCUT2D eigenvalue weighted by Crippen LogP contribution is -2.01. The predicted molar refractivity (Wildman–Crippen MR) is 70.3 cm³/mol. The first kappa shape index (κ1) is 13.7. The minimum Gasteiger partial charge on any atom is -0.434 e. The average molecular weight is 330 g/mol. The lowest BCUT2D eigenvalue weighted by molar-refractivity contribution is 0.404. The number of nitrogens with zero attached hydrogens (tertiary/aromatic N) is 2. The fraction of sp³-hybridized carbons (Fsp3) is 0.167. The van der Waals surface area contributed by atoms with Gasteiger partial charge >= 0.3 is 0 Å². The highest BCUT2D eigenvalue weighted by Gasteiger charge is 2.13. The van der Waals surface area contributed by atoms with E-state index in [4.69, 9.17) is 4.74 Å². The topological polar surface area (TPSA) is 47.0 Å². The van der Waals surface area contributed by atoms with Crippen molar-refractivity contribution in [3.05, 3.63) is 40.6 Å².